The van der Waals surface area contributed by atoms with Gasteiger partial charge in [0.05, 0.1) is 6.61 Å². The van der Waals surface area contributed by atoms with Crippen molar-refractivity contribution in [3.8, 4) is 0 Å². The Morgan fingerprint density at radius 2 is 2.46 bits per heavy atom. The summed E-state index contributed by atoms with van der Waals surface area (Å²) in [6, 6.07) is 4.87. The molecule has 0 amide bonds. The lowest BCUT2D eigenvalue weighted by molar-refractivity contribution is 0.263. The van der Waals surface area contributed by atoms with Gasteiger partial charge in [0.2, 0.25) is 0 Å². The van der Waals surface area contributed by atoms with Gasteiger partial charge in [-0.15, -0.1) is 11.3 Å². The first-order valence-corrected chi connectivity index (χ1v) is 5.65. The Labute approximate surface area is 82.6 Å². The van der Waals surface area contributed by atoms with E-state index in [4.69, 9.17) is 0 Å². The highest BCUT2D eigenvalue weighted by atomic mass is 32.1. The number of aliphatic hydroxyl groups excluding tert-OH is 1. The highest BCUT2D eigenvalue weighted by Crippen LogP contribution is 2.23. The number of hydrogen-bond acceptors (Lipinski definition) is 3. The van der Waals surface area contributed by atoms with E-state index in [1.165, 1.54) is 17.7 Å². The molecule has 1 fully saturated rings. The third kappa shape index (κ3) is 2.53. The Kier molecular flexibility index (Phi) is 2.98. The van der Waals surface area contributed by atoms with Gasteiger partial charge >= 0.3 is 0 Å². The van der Waals surface area contributed by atoms with Crippen molar-refractivity contribution in [1.29, 1.82) is 0 Å². The third-order valence-electron chi connectivity index (χ3n) is 2.40. The number of nitrogens with one attached hydrogen (secondary N) is 1. The molecule has 0 saturated heterocycles. The van der Waals surface area contributed by atoms with Gasteiger partial charge in [0, 0.05) is 23.4 Å². The Balaban J connectivity index is 1.85. The highest BCUT2D eigenvalue weighted by molar-refractivity contribution is 7.10. The lowest BCUT2D eigenvalue weighted by Gasteiger charge is -2.12. The van der Waals surface area contributed by atoms with Crippen molar-refractivity contribution in [2.24, 2.45) is 0 Å². The average molecular weight is 197 g/mol. The molecule has 0 bridgehead atoms. The van der Waals surface area contributed by atoms with Crippen LogP contribution in [-0.4, -0.2) is 24.3 Å². The van der Waals surface area contributed by atoms with Gasteiger partial charge in [0.25, 0.3) is 0 Å². The van der Waals surface area contributed by atoms with E-state index in [0.717, 1.165) is 12.6 Å². The molecule has 1 aliphatic carbocycles. The normalized spacial score (nSPS) is 18.8. The molecule has 1 aromatic heterocycles. The molecule has 1 atom stereocenters. The standard InChI is InChI=1S/C10H15NOS/c12-7-8(6-11-9-3-4-9)10-2-1-5-13-10/h1-2,5,8-9,11-12H,3-4,6-7H2. The zero-order valence-corrected chi connectivity index (χ0v) is 8.39. The molecule has 0 radical (unpaired) electrons. The first-order valence-electron chi connectivity index (χ1n) is 4.78. The van der Waals surface area contributed by atoms with Crippen LogP contribution in [-0.2, 0) is 0 Å². The van der Waals surface area contributed by atoms with Crippen LogP contribution >= 0.6 is 11.3 Å². The minimum Gasteiger partial charge on any atom is -0.396 e. The SMILES string of the molecule is OCC(CNC1CC1)c1cccs1. The summed E-state index contributed by atoms with van der Waals surface area (Å²) in [5.74, 6) is 0.292. The van der Waals surface area contributed by atoms with Gasteiger partial charge in [-0.1, -0.05) is 6.07 Å². The zero-order valence-electron chi connectivity index (χ0n) is 7.57. The smallest absolute Gasteiger partial charge is 0.0519 e. The van der Waals surface area contributed by atoms with Gasteiger partial charge < -0.3 is 10.4 Å². The quantitative estimate of drug-likeness (QED) is 0.751. The molecule has 0 spiro atoms. The molecule has 2 N–H and O–H groups in total. The van der Waals surface area contributed by atoms with Crippen LogP contribution in [0, 0.1) is 0 Å². The predicted molar refractivity (Wildman–Crippen MR) is 55.2 cm³/mol. The van der Waals surface area contributed by atoms with Crippen molar-refractivity contribution in [2.75, 3.05) is 13.2 Å². The van der Waals surface area contributed by atoms with E-state index in [9.17, 15) is 5.11 Å². The molecule has 1 unspecified atom stereocenters. The largest absolute Gasteiger partial charge is 0.396 e. The van der Waals surface area contributed by atoms with Crippen LogP contribution < -0.4 is 5.32 Å². The topological polar surface area (TPSA) is 32.3 Å². The minimum atomic E-state index is 0.250. The van der Waals surface area contributed by atoms with Gasteiger partial charge in [-0.05, 0) is 24.3 Å². The lowest BCUT2D eigenvalue weighted by Crippen LogP contribution is -2.24. The Morgan fingerprint density at radius 3 is 3.00 bits per heavy atom. The van der Waals surface area contributed by atoms with Gasteiger partial charge in [0.15, 0.2) is 0 Å². The van der Waals surface area contributed by atoms with Crippen molar-refractivity contribution >= 4 is 11.3 Å². The Hall–Kier alpha value is -0.380. The minimum absolute atomic E-state index is 0.250. The van der Waals surface area contributed by atoms with Crippen LogP contribution in [0.15, 0.2) is 17.5 Å². The fourth-order valence-corrected chi connectivity index (χ4v) is 2.20. The van der Waals surface area contributed by atoms with Crippen molar-refractivity contribution < 1.29 is 5.11 Å². The monoisotopic (exact) mass is 197 g/mol. The number of hydrogen-bond donors (Lipinski definition) is 2. The molecule has 2 rings (SSSR count). The maximum Gasteiger partial charge on any atom is 0.0519 e. The Morgan fingerprint density at radius 1 is 1.62 bits per heavy atom. The van der Waals surface area contributed by atoms with E-state index in [-0.39, 0.29) is 6.61 Å². The summed E-state index contributed by atoms with van der Waals surface area (Å²) in [5.41, 5.74) is 0. The molecule has 13 heavy (non-hydrogen) atoms. The van der Waals surface area contributed by atoms with E-state index < -0.39 is 0 Å². The molecule has 72 valence electrons. The van der Waals surface area contributed by atoms with Gasteiger partial charge in [-0.2, -0.15) is 0 Å². The third-order valence-corrected chi connectivity index (χ3v) is 3.43. The molecular weight excluding hydrogens is 182 g/mol. The number of thiophene rings is 1. The fourth-order valence-electron chi connectivity index (χ4n) is 1.38. The molecule has 0 aliphatic heterocycles. The van der Waals surface area contributed by atoms with Crippen LogP contribution in [0.25, 0.3) is 0 Å². The van der Waals surface area contributed by atoms with Crippen molar-refractivity contribution in [3.05, 3.63) is 22.4 Å². The summed E-state index contributed by atoms with van der Waals surface area (Å²) < 4.78 is 0. The lowest BCUT2D eigenvalue weighted by atomic mass is 10.1. The highest BCUT2D eigenvalue weighted by Gasteiger charge is 2.22. The second-order valence-electron chi connectivity index (χ2n) is 3.58. The van der Waals surface area contributed by atoms with Crippen molar-refractivity contribution in [2.45, 2.75) is 24.8 Å². The van der Waals surface area contributed by atoms with Crippen molar-refractivity contribution in [3.63, 3.8) is 0 Å². The first kappa shape index (κ1) is 9.19. The zero-order chi connectivity index (χ0) is 9.10. The second kappa shape index (κ2) is 4.22. The van der Waals surface area contributed by atoms with Crippen LogP contribution in [0.2, 0.25) is 0 Å². The summed E-state index contributed by atoms with van der Waals surface area (Å²) in [6.45, 7) is 1.17. The van der Waals surface area contributed by atoms with E-state index in [1.54, 1.807) is 11.3 Å². The van der Waals surface area contributed by atoms with E-state index >= 15 is 0 Å². The molecule has 1 saturated carbocycles. The molecular formula is C10H15NOS. The molecule has 0 aromatic carbocycles. The van der Waals surface area contributed by atoms with E-state index in [0.29, 0.717) is 5.92 Å². The summed E-state index contributed by atoms with van der Waals surface area (Å²) in [5, 5.41) is 14.7. The predicted octanol–water partition coefficient (Wildman–Crippen LogP) is 1.58. The first-order chi connectivity index (χ1) is 6.40. The number of aliphatic hydroxyl groups is 1. The maximum absolute atomic E-state index is 9.20. The molecule has 1 heterocycles. The maximum atomic E-state index is 9.20. The Bertz CT molecular complexity index is 243. The summed E-state index contributed by atoms with van der Waals surface area (Å²) in [7, 11) is 0. The van der Waals surface area contributed by atoms with Gasteiger partial charge in [0.1, 0.15) is 0 Å². The number of rotatable bonds is 5. The summed E-state index contributed by atoms with van der Waals surface area (Å²) in [6.07, 6.45) is 2.62. The molecule has 1 aromatic rings. The molecule has 3 heteroatoms. The van der Waals surface area contributed by atoms with Crippen LogP contribution in [0.5, 0.6) is 0 Å². The van der Waals surface area contributed by atoms with Crippen molar-refractivity contribution in [1.82, 2.24) is 5.32 Å². The summed E-state index contributed by atoms with van der Waals surface area (Å²) >= 11 is 1.73. The van der Waals surface area contributed by atoms with Crippen LogP contribution in [0.3, 0.4) is 0 Å². The summed E-state index contributed by atoms with van der Waals surface area (Å²) in [4.78, 5) is 1.29. The molecule has 1 aliphatic rings. The van der Waals surface area contributed by atoms with Crippen LogP contribution in [0.1, 0.15) is 23.6 Å². The molecule has 2 nitrogen and oxygen atoms in total. The van der Waals surface area contributed by atoms with E-state index in [2.05, 4.69) is 16.8 Å². The average Bonchev–Trinajstić information content (AvgIpc) is 2.81. The second-order valence-corrected chi connectivity index (χ2v) is 4.56. The van der Waals surface area contributed by atoms with Crippen LogP contribution in [0.4, 0.5) is 0 Å². The fraction of sp³-hybridized carbons (Fsp3) is 0.600. The van der Waals surface area contributed by atoms with Gasteiger partial charge in [-0.25, -0.2) is 0 Å². The van der Waals surface area contributed by atoms with Gasteiger partial charge in [-0.3, -0.25) is 0 Å². The van der Waals surface area contributed by atoms with E-state index in [1.807, 2.05) is 6.07 Å².